The van der Waals surface area contributed by atoms with Crippen molar-refractivity contribution >= 4 is 23.4 Å². The standard InChI is InChI=1S/C16H21NO4S/c1-11-13(15(18)21-2)10-22-14(11)5-3-4-12-6-8-17(9-7-12)16(19)20/h4,10H,3,5-9H2,1-2H3,(H,19,20). The molecule has 1 N–H and O–H groups in total. The van der Waals surface area contributed by atoms with E-state index in [0.29, 0.717) is 18.7 Å². The summed E-state index contributed by atoms with van der Waals surface area (Å²) in [6.45, 7) is 3.13. The second kappa shape index (κ2) is 7.45. The Bertz CT molecular complexity index is 581. The number of likely N-dealkylation sites (tertiary alicyclic amines) is 1. The molecule has 0 spiro atoms. The van der Waals surface area contributed by atoms with E-state index in [2.05, 4.69) is 6.08 Å². The minimum absolute atomic E-state index is 0.278. The number of hydrogen-bond acceptors (Lipinski definition) is 4. The smallest absolute Gasteiger partial charge is 0.407 e. The quantitative estimate of drug-likeness (QED) is 0.680. The number of hydrogen-bond donors (Lipinski definition) is 1. The number of nitrogens with zero attached hydrogens (tertiary/aromatic N) is 1. The first-order valence-corrected chi connectivity index (χ1v) is 8.22. The number of thiophene rings is 1. The van der Waals surface area contributed by atoms with Crippen LogP contribution in [0.15, 0.2) is 17.0 Å². The van der Waals surface area contributed by atoms with Gasteiger partial charge >= 0.3 is 12.1 Å². The number of aryl methyl sites for hydroxylation is 1. The largest absolute Gasteiger partial charge is 0.465 e. The van der Waals surface area contributed by atoms with Crippen LogP contribution in [0.3, 0.4) is 0 Å². The number of amides is 1. The lowest BCUT2D eigenvalue weighted by Crippen LogP contribution is -2.35. The van der Waals surface area contributed by atoms with E-state index >= 15 is 0 Å². The molecule has 1 saturated heterocycles. The van der Waals surface area contributed by atoms with Crippen LogP contribution in [0.25, 0.3) is 0 Å². The molecule has 0 bridgehead atoms. The van der Waals surface area contributed by atoms with Gasteiger partial charge in [-0.1, -0.05) is 11.6 Å². The highest BCUT2D eigenvalue weighted by atomic mass is 32.1. The van der Waals surface area contributed by atoms with E-state index in [1.807, 2.05) is 12.3 Å². The molecule has 1 fully saturated rings. The second-order valence-electron chi connectivity index (χ2n) is 5.36. The summed E-state index contributed by atoms with van der Waals surface area (Å²) < 4.78 is 4.76. The van der Waals surface area contributed by atoms with E-state index in [0.717, 1.165) is 31.2 Å². The van der Waals surface area contributed by atoms with Crippen LogP contribution in [0.1, 0.15) is 40.1 Å². The van der Waals surface area contributed by atoms with Crippen LogP contribution in [0.4, 0.5) is 4.79 Å². The molecule has 5 nitrogen and oxygen atoms in total. The molecule has 1 aliphatic heterocycles. The van der Waals surface area contributed by atoms with Gasteiger partial charge in [0.2, 0.25) is 0 Å². The fourth-order valence-electron chi connectivity index (χ4n) is 2.61. The van der Waals surface area contributed by atoms with Crippen LogP contribution < -0.4 is 0 Å². The van der Waals surface area contributed by atoms with E-state index in [1.54, 1.807) is 11.3 Å². The summed E-state index contributed by atoms with van der Waals surface area (Å²) in [7, 11) is 1.40. The summed E-state index contributed by atoms with van der Waals surface area (Å²) in [4.78, 5) is 25.1. The summed E-state index contributed by atoms with van der Waals surface area (Å²) >= 11 is 1.59. The Morgan fingerprint density at radius 1 is 1.41 bits per heavy atom. The zero-order valence-corrected chi connectivity index (χ0v) is 13.7. The van der Waals surface area contributed by atoms with E-state index in [1.165, 1.54) is 22.5 Å². The number of rotatable bonds is 4. The maximum atomic E-state index is 11.6. The lowest BCUT2D eigenvalue weighted by atomic mass is 10.0. The summed E-state index contributed by atoms with van der Waals surface area (Å²) in [5, 5.41) is 10.8. The van der Waals surface area contributed by atoms with Crippen LogP contribution in [-0.4, -0.2) is 42.3 Å². The lowest BCUT2D eigenvalue weighted by molar-refractivity contribution is 0.0600. The zero-order chi connectivity index (χ0) is 16.1. The molecule has 1 aromatic rings. The SMILES string of the molecule is COC(=O)c1csc(CCC=C2CCN(C(=O)O)CC2)c1C. The molecule has 2 heterocycles. The van der Waals surface area contributed by atoms with Crippen LogP contribution in [0.5, 0.6) is 0 Å². The van der Waals surface area contributed by atoms with Gasteiger partial charge in [-0.3, -0.25) is 0 Å². The Morgan fingerprint density at radius 3 is 2.68 bits per heavy atom. The number of piperidine rings is 1. The Labute approximate surface area is 134 Å². The molecular formula is C16H21NO4S. The van der Waals surface area contributed by atoms with E-state index < -0.39 is 6.09 Å². The van der Waals surface area contributed by atoms with Crippen molar-refractivity contribution in [2.75, 3.05) is 20.2 Å². The van der Waals surface area contributed by atoms with Crippen molar-refractivity contribution in [1.82, 2.24) is 4.90 Å². The van der Waals surface area contributed by atoms with Crippen molar-refractivity contribution in [3.8, 4) is 0 Å². The van der Waals surface area contributed by atoms with E-state index in [-0.39, 0.29) is 5.97 Å². The monoisotopic (exact) mass is 323 g/mol. The van der Waals surface area contributed by atoms with Crippen molar-refractivity contribution < 1.29 is 19.4 Å². The predicted octanol–water partition coefficient (Wildman–Crippen LogP) is 3.48. The maximum Gasteiger partial charge on any atom is 0.407 e. The summed E-state index contributed by atoms with van der Waals surface area (Å²) in [6.07, 6.45) is 4.86. The molecule has 120 valence electrons. The first kappa shape index (κ1) is 16.5. The fourth-order valence-corrected chi connectivity index (χ4v) is 3.67. The highest BCUT2D eigenvalue weighted by molar-refractivity contribution is 7.10. The minimum Gasteiger partial charge on any atom is -0.465 e. The maximum absolute atomic E-state index is 11.6. The first-order valence-electron chi connectivity index (χ1n) is 7.34. The molecule has 0 aliphatic carbocycles. The zero-order valence-electron chi connectivity index (χ0n) is 12.9. The van der Waals surface area contributed by atoms with Crippen molar-refractivity contribution in [3.05, 3.63) is 33.0 Å². The number of carbonyl (C=O) groups excluding carboxylic acids is 1. The number of ether oxygens (including phenoxy) is 1. The van der Waals surface area contributed by atoms with Gasteiger partial charge in [-0.05, 0) is 38.2 Å². The van der Waals surface area contributed by atoms with E-state index in [4.69, 9.17) is 9.84 Å². The molecule has 0 saturated carbocycles. The van der Waals surface area contributed by atoms with Crippen molar-refractivity contribution in [1.29, 1.82) is 0 Å². The third-order valence-electron chi connectivity index (χ3n) is 4.03. The number of esters is 1. The van der Waals surface area contributed by atoms with Gasteiger partial charge in [0, 0.05) is 23.3 Å². The van der Waals surface area contributed by atoms with Gasteiger partial charge < -0.3 is 14.7 Å². The molecule has 22 heavy (non-hydrogen) atoms. The van der Waals surface area contributed by atoms with Crippen molar-refractivity contribution in [3.63, 3.8) is 0 Å². The van der Waals surface area contributed by atoms with Crippen molar-refractivity contribution in [2.45, 2.75) is 32.6 Å². The van der Waals surface area contributed by atoms with Gasteiger partial charge in [-0.2, -0.15) is 0 Å². The molecule has 0 unspecified atom stereocenters. The van der Waals surface area contributed by atoms with Gasteiger partial charge in [0.15, 0.2) is 0 Å². The number of methoxy groups -OCH3 is 1. The Morgan fingerprint density at radius 2 is 2.09 bits per heavy atom. The average Bonchev–Trinajstić information content (AvgIpc) is 2.88. The Hall–Kier alpha value is -1.82. The van der Waals surface area contributed by atoms with Crippen LogP contribution in [-0.2, 0) is 11.2 Å². The van der Waals surface area contributed by atoms with Crippen LogP contribution >= 0.6 is 11.3 Å². The highest BCUT2D eigenvalue weighted by Gasteiger charge is 2.18. The van der Waals surface area contributed by atoms with Gasteiger partial charge in [-0.25, -0.2) is 9.59 Å². The molecule has 0 radical (unpaired) electrons. The number of allylic oxidation sites excluding steroid dienone is 1. The first-order chi connectivity index (χ1) is 10.5. The third kappa shape index (κ3) is 3.88. The predicted molar refractivity (Wildman–Crippen MR) is 85.6 cm³/mol. The topological polar surface area (TPSA) is 66.8 Å². The van der Waals surface area contributed by atoms with Crippen molar-refractivity contribution in [2.24, 2.45) is 0 Å². The summed E-state index contributed by atoms with van der Waals surface area (Å²) in [6, 6.07) is 0. The highest BCUT2D eigenvalue weighted by Crippen LogP contribution is 2.25. The molecular weight excluding hydrogens is 302 g/mol. The lowest BCUT2D eigenvalue weighted by Gasteiger charge is -2.25. The summed E-state index contributed by atoms with van der Waals surface area (Å²) in [5.41, 5.74) is 3.00. The molecule has 6 heteroatoms. The minimum atomic E-state index is -0.830. The molecule has 0 atom stereocenters. The molecule has 1 amide bonds. The number of carbonyl (C=O) groups is 2. The Kier molecular flexibility index (Phi) is 5.60. The molecule has 1 aromatic heterocycles. The molecule has 2 rings (SSSR count). The van der Waals surface area contributed by atoms with Crippen LogP contribution in [0.2, 0.25) is 0 Å². The molecule has 1 aliphatic rings. The molecule has 0 aromatic carbocycles. The van der Waals surface area contributed by atoms with Gasteiger partial charge in [-0.15, -0.1) is 11.3 Å². The Balaban J connectivity index is 1.87. The summed E-state index contributed by atoms with van der Waals surface area (Å²) in [5.74, 6) is -0.278. The van der Waals surface area contributed by atoms with E-state index in [9.17, 15) is 9.59 Å². The fraction of sp³-hybridized carbons (Fsp3) is 0.500. The normalized spacial score (nSPS) is 14.8. The van der Waals surface area contributed by atoms with Gasteiger partial charge in [0.05, 0.1) is 12.7 Å². The number of carboxylic acid groups (broad SMARTS) is 1. The average molecular weight is 323 g/mol. The van der Waals surface area contributed by atoms with Crippen LogP contribution in [0, 0.1) is 6.92 Å². The third-order valence-corrected chi connectivity index (χ3v) is 5.18. The second-order valence-corrected chi connectivity index (χ2v) is 6.32. The van der Waals surface area contributed by atoms with Gasteiger partial charge in [0.1, 0.15) is 0 Å². The van der Waals surface area contributed by atoms with Gasteiger partial charge in [0.25, 0.3) is 0 Å².